The molecule has 0 aliphatic rings. The molecular formula is C26H32. The van der Waals surface area contributed by atoms with Gasteiger partial charge in [0.05, 0.1) is 0 Å². The maximum absolute atomic E-state index is 3.94. The van der Waals surface area contributed by atoms with Gasteiger partial charge in [-0.1, -0.05) is 98.0 Å². The zero-order chi connectivity index (χ0) is 19.5. The highest BCUT2D eigenvalue weighted by atomic mass is 14.0. The van der Waals surface area contributed by atoms with Crippen molar-refractivity contribution in [2.24, 2.45) is 0 Å². The monoisotopic (exact) mass is 344 g/mol. The second-order valence-corrected chi connectivity index (χ2v) is 6.60. The molecule has 0 fully saturated rings. The Morgan fingerprint density at radius 3 is 1.88 bits per heavy atom. The zero-order valence-corrected chi connectivity index (χ0v) is 17.0. The highest BCUT2D eigenvalue weighted by Gasteiger charge is 1.99. The van der Waals surface area contributed by atoms with Gasteiger partial charge in [-0.05, 0) is 62.0 Å². The van der Waals surface area contributed by atoms with Crippen molar-refractivity contribution in [2.75, 3.05) is 0 Å². The fourth-order valence-corrected chi connectivity index (χ4v) is 2.39. The van der Waals surface area contributed by atoms with Crippen molar-refractivity contribution in [2.45, 2.75) is 41.0 Å². The van der Waals surface area contributed by atoms with Gasteiger partial charge in [-0.2, -0.15) is 0 Å². The minimum Gasteiger partial charge on any atom is -0.0991 e. The van der Waals surface area contributed by atoms with E-state index in [4.69, 9.17) is 0 Å². The largest absolute Gasteiger partial charge is 0.0991 e. The highest BCUT2D eigenvalue weighted by molar-refractivity contribution is 5.71. The molecule has 136 valence electrons. The van der Waals surface area contributed by atoms with E-state index >= 15 is 0 Å². The van der Waals surface area contributed by atoms with Gasteiger partial charge in [0.25, 0.3) is 0 Å². The fourth-order valence-electron chi connectivity index (χ4n) is 2.39. The van der Waals surface area contributed by atoms with E-state index in [1.165, 1.54) is 33.4 Å². The Morgan fingerprint density at radius 1 is 0.885 bits per heavy atom. The van der Waals surface area contributed by atoms with Crippen LogP contribution in [0, 0.1) is 6.92 Å². The third-order valence-corrected chi connectivity index (χ3v) is 4.41. The highest BCUT2D eigenvalue weighted by Crippen LogP contribution is 2.21. The molecule has 0 nitrogen and oxygen atoms in total. The lowest BCUT2D eigenvalue weighted by Gasteiger charge is -2.06. The topological polar surface area (TPSA) is 0 Å². The molecule has 0 aliphatic heterocycles. The van der Waals surface area contributed by atoms with E-state index in [0.29, 0.717) is 0 Å². The summed E-state index contributed by atoms with van der Waals surface area (Å²) in [5.41, 5.74) is 8.85. The first kappa shape index (κ1) is 21.4. The van der Waals surface area contributed by atoms with Crippen molar-refractivity contribution < 1.29 is 0 Å². The van der Waals surface area contributed by atoms with Gasteiger partial charge in [-0.3, -0.25) is 0 Å². The van der Waals surface area contributed by atoms with Crippen LogP contribution in [0.2, 0.25) is 0 Å². The number of hydrogen-bond acceptors (Lipinski definition) is 0. The quantitative estimate of drug-likeness (QED) is 0.485. The summed E-state index contributed by atoms with van der Waals surface area (Å²) in [5.74, 6) is 0. The molecule has 0 N–H and O–H groups in total. The summed E-state index contributed by atoms with van der Waals surface area (Å²) in [6.07, 6.45) is 6.97. The lowest BCUT2D eigenvalue weighted by atomic mass is 9.99. The van der Waals surface area contributed by atoms with E-state index in [0.717, 1.165) is 12.0 Å². The van der Waals surface area contributed by atoms with E-state index in [9.17, 15) is 0 Å². The van der Waals surface area contributed by atoms with E-state index in [2.05, 4.69) is 95.5 Å². The Morgan fingerprint density at radius 2 is 1.42 bits per heavy atom. The molecule has 0 bridgehead atoms. The van der Waals surface area contributed by atoms with Crippen molar-refractivity contribution in [3.8, 4) is 0 Å². The minimum atomic E-state index is 1.10. The van der Waals surface area contributed by atoms with Crippen molar-refractivity contribution in [1.82, 2.24) is 0 Å². The smallest absolute Gasteiger partial charge is 0.0224 e. The molecule has 0 aromatic heterocycles. The minimum absolute atomic E-state index is 1.10. The lowest BCUT2D eigenvalue weighted by Crippen LogP contribution is -1.85. The van der Waals surface area contributed by atoms with Crippen LogP contribution in [0.4, 0.5) is 0 Å². The Balaban J connectivity index is 0.000000314. The van der Waals surface area contributed by atoms with Gasteiger partial charge in [0.1, 0.15) is 0 Å². The Hall–Kier alpha value is -2.60. The Kier molecular flexibility index (Phi) is 9.15. The molecular weight excluding hydrogens is 312 g/mol. The van der Waals surface area contributed by atoms with Gasteiger partial charge in [0.2, 0.25) is 0 Å². The fraction of sp³-hybridized carbons (Fsp3) is 0.231. The van der Waals surface area contributed by atoms with Gasteiger partial charge in [-0.25, -0.2) is 0 Å². The number of hydrogen-bond donors (Lipinski definition) is 0. The first-order valence-electron chi connectivity index (χ1n) is 9.17. The summed E-state index contributed by atoms with van der Waals surface area (Å²) in [7, 11) is 0. The van der Waals surface area contributed by atoms with Crippen LogP contribution in [-0.2, 0) is 6.42 Å². The standard InChI is InChI=1S/C17H20.C9H12/c1-6-7-8-14(4)15(5)17-11-9-16(10-12-17)13(2)3;1-3-9-6-4-8(2)5-7-9/h6-12H,1-2H2,3-5H3;4-7H,3H2,1-2H3/b8-7-,15-14+;. The first-order valence-corrected chi connectivity index (χ1v) is 9.17. The summed E-state index contributed by atoms with van der Waals surface area (Å²) in [5, 5.41) is 0. The third-order valence-electron chi connectivity index (χ3n) is 4.41. The van der Waals surface area contributed by atoms with Gasteiger partial charge in [-0.15, -0.1) is 0 Å². The van der Waals surface area contributed by atoms with E-state index < -0.39 is 0 Å². The number of aryl methyl sites for hydroxylation is 2. The molecule has 2 aromatic rings. The van der Waals surface area contributed by atoms with Crippen LogP contribution in [0.3, 0.4) is 0 Å². The molecule has 0 heterocycles. The number of rotatable bonds is 5. The molecule has 2 rings (SSSR count). The summed E-state index contributed by atoms with van der Waals surface area (Å²) in [6, 6.07) is 17.2. The van der Waals surface area contributed by atoms with E-state index in [1.807, 2.05) is 13.0 Å². The van der Waals surface area contributed by atoms with Gasteiger partial charge in [0, 0.05) is 0 Å². The summed E-state index contributed by atoms with van der Waals surface area (Å²) >= 11 is 0. The first-order chi connectivity index (χ1) is 12.4. The third kappa shape index (κ3) is 7.11. The van der Waals surface area contributed by atoms with Crippen molar-refractivity contribution in [3.05, 3.63) is 108 Å². The summed E-state index contributed by atoms with van der Waals surface area (Å²) in [6.45, 7) is 18.2. The van der Waals surface area contributed by atoms with Crippen molar-refractivity contribution in [1.29, 1.82) is 0 Å². The van der Waals surface area contributed by atoms with Crippen LogP contribution in [-0.4, -0.2) is 0 Å². The zero-order valence-electron chi connectivity index (χ0n) is 17.0. The predicted molar refractivity (Wildman–Crippen MR) is 119 cm³/mol. The van der Waals surface area contributed by atoms with Crippen LogP contribution in [0.25, 0.3) is 11.1 Å². The Labute approximate surface area is 160 Å². The van der Waals surface area contributed by atoms with Crippen LogP contribution in [0.15, 0.2) is 85.5 Å². The summed E-state index contributed by atoms with van der Waals surface area (Å²) < 4.78 is 0. The maximum atomic E-state index is 3.94. The molecule has 0 amide bonds. The molecule has 0 radical (unpaired) electrons. The SMILES string of the molecule is C=C/C=C\C(C)=C(/C)c1ccc(C(=C)C)cc1.CCc1ccc(C)cc1. The summed E-state index contributed by atoms with van der Waals surface area (Å²) in [4.78, 5) is 0. The van der Waals surface area contributed by atoms with Gasteiger partial charge >= 0.3 is 0 Å². The molecule has 0 atom stereocenters. The molecule has 0 saturated heterocycles. The molecule has 0 spiro atoms. The molecule has 0 unspecified atom stereocenters. The number of allylic oxidation sites excluding steroid dienone is 6. The van der Waals surface area contributed by atoms with Crippen molar-refractivity contribution >= 4 is 11.1 Å². The second kappa shape index (κ2) is 11.1. The van der Waals surface area contributed by atoms with E-state index in [1.54, 1.807) is 6.08 Å². The molecule has 26 heavy (non-hydrogen) atoms. The van der Waals surface area contributed by atoms with Crippen LogP contribution >= 0.6 is 0 Å². The molecule has 0 saturated carbocycles. The second-order valence-electron chi connectivity index (χ2n) is 6.60. The molecule has 2 aromatic carbocycles. The average Bonchev–Trinajstić information content (AvgIpc) is 2.66. The normalized spacial score (nSPS) is 11.4. The average molecular weight is 345 g/mol. The van der Waals surface area contributed by atoms with Gasteiger partial charge in [0.15, 0.2) is 0 Å². The molecule has 0 heteroatoms. The van der Waals surface area contributed by atoms with Gasteiger partial charge < -0.3 is 0 Å². The van der Waals surface area contributed by atoms with Crippen LogP contribution in [0.1, 0.15) is 49.9 Å². The number of benzene rings is 2. The van der Waals surface area contributed by atoms with E-state index in [-0.39, 0.29) is 0 Å². The lowest BCUT2D eigenvalue weighted by molar-refractivity contribution is 1.14. The Bertz CT molecular complexity index is 766. The van der Waals surface area contributed by atoms with Crippen LogP contribution in [0.5, 0.6) is 0 Å². The maximum Gasteiger partial charge on any atom is -0.0224 e. The van der Waals surface area contributed by atoms with Crippen molar-refractivity contribution in [3.63, 3.8) is 0 Å². The van der Waals surface area contributed by atoms with Crippen LogP contribution < -0.4 is 0 Å². The predicted octanol–water partition coefficient (Wildman–Crippen LogP) is 7.81. The molecule has 0 aliphatic carbocycles.